The summed E-state index contributed by atoms with van der Waals surface area (Å²) >= 11 is 0. The highest BCUT2D eigenvalue weighted by Gasteiger charge is 2.22. The number of nitrogens with zero attached hydrogens (tertiary/aromatic N) is 1. The van der Waals surface area contributed by atoms with E-state index in [1.165, 1.54) is 5.57 Å². The molecule has 1 atom stereocenters. The highest BCUT2D eigenvalue weighted by atomic mass is 16.5. The molecule has 1 fully saturated rings. The zero-order valence-electron chi connectivity index (χ0n) is 14.2. The maximum atomic E-state index is 9.45. The number of aliphatic hydroxyl groups excluding tert-OH is 1. The molecule has 0 amide bonds. The van der Waals surface area contributed by atoms with Crippen molar-refractivity contribution in [2.45, 2.75) is 26.4 Å². The molecular formula is C18H27NO4. The lowest BCUT2D eigenvalue weighted by atomic mass is 10.1. The van der Waals surface area contributed by atoms with Crippen LogP contribution in [0.25, 0.3) is 0 Å². The van der Waals surface area contributed by atoms with Gasteiger partial charge in [0, 0.05) is 13.1 Å². The van der Waals surface area contributed by atoms with Crippen LogP contribution in [0.15, 0.2) is 29.8 Å². The Kier molecular flexibility index (Phi) is 6.89. The number of rotatable bonds is 7. The molecule has 0 unspecified atom stereocenters. The normalized spacial score (nSPS) is 18.5. The molecule has 1 saturated heterocycles. The molecule has 0 aromatic heterocycles. The molecule has 0 saturated carbocycles. The van der Waals surface area contributed by atoms with Crippen molar-refractivity contribution < 1.29 is 19.3 Å². The number of morpholine rings is 1. The second-order valence-electron chi connectivity index (χ2n) is 5.96. The zero-order chi connectivity index (χ0) is 16.7. The lowest BCUT2D eigenvalue weighted by Gasteiger charge is -2.34. The van der Waals surface area contributed by atoms with Crippen LogP contribution in [0.2, 0.25) is 0 Å². The number of benzene rings is 1. The van der Waals surface area contributed by atoms with Gasteiger partial charge in [-0.05, 0) is 37.6 Å². The molecule has 0 aliphatic carbocycles. The Morgan fingerprint density at radius 2 is 2.22 bits per heavy atom. The maximum absolute atomic E-state index is 9.45. The van der Waals surface area contributed by atoms with E-state index in [2.05, 4.69) is 4.90 Å². The first-order valence-corrected chi connectivity index (χ1v) is 7.99. The average molecular weight is 321 g/mol. The van der Waals surface area contributed by atoms with E-state index in [9.17, 15) is 5.11 Å². The summed E-state index contributed by atoms with van der Waals surface area (Å²) in [4.78, 5) is 2.24. The summed E-state index contributed by atoms with van der Waals surface area (Å²) in [5, 5.41) is 9.45. The fourth-order valence-electron chi connectivity index (χ4n) is 2.53. The van der Waals surface area contributed by atoms with Gasteiger partial charge in [0.1, 0.15) is 6.61 Å². The molecule has 0 spiro atoms. The van der Waals surface area contributed by atoms with Gasteiger partial charge in [0.05, 0.1) is 33.0 Å². The summed E-state index contributed by atoms with van der Waals surface area (Å²) in [5.74, 6) is 1.48. The van der Waals surface area contributed by atoms with Gasteiger partial charge in [-0.1, -0.05) is 11.6 Å². The molecule has 1 N–H and O–H groups in total. The van der Waals surface area contributed by atoms with Gasteiger partial charge >= 0.3 is 0 Å². The van der Waals surface area contributed by atoms with Crippen LogP contribution in [0, 0.1) is 0 Å². The topological polar surface area (TPSA) is 51.2 Å². The van der Waals surface area contributed by atoms with E-state index < -0.39 is 0 Å². The van der Waals surface area contributed by atoms with E-state index >= 15 is 0 Å². The maximum Gasteiger partial charge on any atom is 0.161 e. The first kappa shape index (κ1) is 17.8. The van der Waals surface area contributed by atoms with Crippen molar-refractivity contribution in [3.8, 4) is 11.5 Å². The third-order valence-electron chi connectivity index (χ3n) is 3.90. The molecule has 0 bridgehead atoms. The zero-order valence-corrected chi connectivity index (χ0v) is 14.2. The lowest BCUT2D eigenvalue weighted by molar-refractivity contribution is -0.0312. The van der Waals surface area contributed by atoms with Crippen LogP contribution < -0.4 is 9.47 Å². The van der Waals surface area contributed by atoms with Crippen molar-refractivity contribution in [3.05, 3.63) is 35.4 Å². The lowest BCUT2D eigenvalue weighted by Crippen LogP contribution is -2.46. The van der Waals surface area contributed by atoms with E-state index in [4.69, 9.17) is 14.2 Å². The van der Waals surface area contributed by atoms with Crippen molar-refractivity contribution in [2.75, 3.05) is 40.1 Å². The third-order valence-corrected chi connectivity index (χ3v) is 3.90. The predicted molar refractivity (Wildman–Crippen MR) is 90.0 cm³/mol. The molecule has 128 valence electrons. The fraction of sp³-hybridized carbons (Fsp3) is 0.556. The summed E-state index contributed by atoms with van der Waals surface area (Å²) in [6.45, 7) is 7.61. The number of allylic oxidation sites excluding steroid dienone is 1. The number of methoxy groups -OCH3 is 1. The highest BCUT2D eigenvalue weighted by molar-refractivity contribution is 5.43. The molecule has 2 rings (SSSR count). The van der Waals surface area contributed by atoms with Crippen LogP contribution in [0.1, 0.15) is 19.4 Å². The van der Waals surface area contributed by atoms with Crippen LogP contribution in [0.4, 0.5) is 0 Å². The summed E-state index contributed by atoms with van der Waals surface area (Å²) in [6, 6.07) is 6.05. The minimum absolute atomic E-state index is 0.0586. The van der Waals surface area contributed by atoms with Gasteiger partial charge in [0.2, 0.25) is 0 Å². The van der Waals surface area contributed by atoms with E-state index in [1.807, 2.05) is 38.1 Å². The SMILES string of the molecule is COc1cc(CN2CCOC[C@@H]2CO)ccc1OCC=C(C)C. The van der Waals surface area contributed by atoms with Crippen molar-refractivity contribution in [3.63, 3.8) is 0 Å². The van der Waals surface area contributed by atoms with Gasteiger partial charge in [0.25, 0.3) is 0 Å². The molecule has 1 aliphatic rings. The molecule has 23 heavy (non-hydrogen) atoms. The Hall–Kier alpha value is -1.56. The summed E-state index contributed by atoms with van der Waals surface area (Å²) in [7, 11) is 1.65. The van der Waals surface area contributed by atoms with Crippen LogP contribution in [-0.2, 0) is 11.3 Å². The van der Waals surface area contributed by atoms with Crippen LogP contribution in [-0.4, -0.2) is 56.1 Å². The third kappa shape index (κ3) is 5.23. The Labute approximate surface area is 138 Å². The molecule has 1 aromatic rings. The first-order valence-electron chi connectivity index (χ1n) is 7.99. The van der Waals surface area contributed by atoms with Gasteiger partial charge in [0.15, 0.2) is 11.5 Å². The van der Waals surface area contributed by atoms with E-state index in [0.29, 0.717) is 19.8 Å². The second kappa shape index (κ2) is 8.91. The quantitative estimate of drug-likeness (QED) is 0.781. The van der Waals surface area contributed by atoms with Crippen molar-refractivity contribution in [1.82, 2.24) is 4.90 Å². The number of ether oxygens (including phenoxy) is 3. The number of hydrogen-bond donors (Lipinski definition) is 1. The Morgan fingerprint density at radius 1 is 1.39 bits per heavy atom. The van der Waals surface area contributed by atoms with Gasteiger partial charge < -0.3 is 19.3 Å². The molecular weight excluding hydrogens is 294 g/mol. The predicted octanol–water partition coefficient (Wildman–Crippen LogP) is 2.23. The fourth-order valence-corrected chi connectivity index (χ4v) is 2.53. The van der Waals surface area contributed by atoms with Crippen molar-refractivity contribution >= 4 is 0 Å². The molecule has 1 aliphatic heterocycles. The summed E-state index contributed by atoms with van der Waals surface area (Å²) in [6.07, 6.45) is 2.03. The average Bonchev–Trinajstić information content (AvgIpc) is 2.56. The van der Waals surface area contributed by atoms with E-state index in [-0.39, 0.29) is 12.6 Å². The van der Waals surface area contributed by atoms with Gasteiger partial charge in [-0.25, -0.2) is 0 Å². The van der Waals surface area contributed by atoms with Gasteiger partial charge in [-0.3, -0.25) is 4.90 Å². The molecule has 1 aromatic carbocycles. The van der Waals surface area contributed by atoms with Gasteiger partial charge in [-0.15, -0.1) is 0 Å². The van der Waals surface area contributed by atoms with Crippen molar-refractivity contribution in [2.24, 2.45) is 0 Å². The first-order chi connectivity index (χ1) is 11.1. The van der Waals surface area contributed by atoms with Gasteiger partial charge in [-0.2, -0.15) is 0 Å². The van der Waals surface area contributed by atoms with Crippen molar-refractivity contribution in [1.29, 1.82) is 0 Å². The standard InChI is InChI=1S/C18H27NO4/c1-14(2)6-8-23-17-5-4-15(10-18(17)21-3)11-19-7-9-22-13-16(19)12-20/h4-6,10,16,20H,7-9,11-13H2,1-3H3/t16-/m0/s1. The van der Waals surface area contributed by atoms with Crippen LogP contribution in [0.3, 0.4) is 0 Å². The number of aliphatic hydroxyl groups is 1. The Bertz CT molecular complexity index is 526. The summed E-state index contributed by atoms with van der Waals surface area (Å²) in [5.41, 5.74) is 2.36. The smallest absolute Gasteiger partial charge is 0.161 e. The number of hydrogen-bond acceptors (Lipinski definition) is 5. The minimum atomic E-state index is 0.0586. The Morgan fingerprint density at radius 3 is 2.91 bits per heavy atom. The summed E-state index contributed by atoms with van der Waals surface area (Å²) < 4.78 is 16.6. The van der Waals surface area contributed by atoms with E-state index in [0.717, 1.165) is 30.2 Å². The molecule has 5 nitrogen and oxygen atoms in total. The minimum Gasteiger partial charge on any atom is -0.493 e. The Balaban J connectivity index is 2.04. The van der Waals surface area contributed by atoms with Crippen LogP contribution >= 0.6 is 0 Å². The van der Waals surface area contributed by atoms with Crippen LogP contribution in [0.5, 0.6) is 11.5 Å². The van der Waals surface area contributed by atoms with E-state index in [1.54, 1.807) is 7.11 Å². The monoisotopic (exact) mass is 321 g/mol. The highest BCUT2D eigenvalue weighted by Crippen LogP contribution is 2.29. The largest absolute Gasteiger partial charge is 0.493 e. The molecule has 1 heterocycles. The molecule has 0 radical (unpaired) electrons. The molecule has 5 heteroatoms. The second-order valence-corrected chi connectivity index (χ2v) is 5.96.